The Bertz CT molecular complexity index is 548. The zero-order chi connectivity index (χ0) is 13.5. The summed E-state index contributed by atoms with van der Waals surface area (Å²) in [6, 6.07) is 0.0697. The normalized spacial score (nSPS) is 23.3. The van der Waals surface area contributed by atoms with Gasteiger partial charge in [0.25, 0.3) is 0 Å². The van der Waals surface area contributed by atoms with Gasteiger partial charge < -0.3 is 10.2 Å². The first-order chi connectivity index (χ1) is 8.40. The molecule has 1 aliphatic rings. The highest BCUT2D eigenvalue weighted by Gasteiger charge is 2.40. The number of rotatable bonds is 5. The standard InChI is InChI=1S/C12H20N2O3S/c1-4-9-5-11(9)14-18(15,16)12-8(3)17-7(2)10(12)6-13/h9,11,14H,4-6,13H2,1-3H3. The molecule has 1 aliphatic carbocycles. The van der Waals surface area contributed by atoms with Crippen LogP contribution in [0.2, 0.25) is 0 Å². The predicted octanol–water partition coefficient (Wildman–Crippen LogP) is 1.43. The molecule has 2 unspecified atom stereocenters. The zero-order valence-corrected chi connectivity index (χ0v) is 11.8. The molecule has 0 bridgehead atoms. The van der Waals surface area contributed by atoms with E-state index in [0.29, 0.717) is 23.0 Å². The van der Waals surface area contributed by atoms with Gasteiger partial charge in [-0.3, -0.25) is 0 Å². The molecule has 0 spiro atoms. The fourth-order valence-electron chi connectivity index (χ4n) is 2.40. The maximum absolute atomic E-state index is 12.3. The average molecular weight is 272 g/mol. The van der Waals surface area contributed by atoms with Gasteiger partial charge in [0.05, 0.1) is 0 Å². The number of nitrogens with two attached hydrogens (primary N) is 1. The van der Waals surface area contributed by atoms with E-state index in [0.717, 1.165) is 12.8 Å². The van der Waals surface area contributed by atoms with Crippen LogP contribution < -0.4 is 10.5 Å². The number of hydrogen-bond donors (Lipinski definition) is 2. The third-order valence-electron chi connectivity index (χ3n) is 3.55. The maximum Gasteiger partial charge on any atom is 0.244 e. The van der Waals surface area contributed by atoms with Crippen LogP contribution in [0.1, 0.15) is 36.8 Å². The minimum absolute atomic E-state index is 0.0697. The van der Waals surface area contributed by atoms with Crippen molar-refractivity contribution < 1.29 is 12.8 Å². The molecule has 2 rings (SSSR count). The zero-order valence-electron chi connectivity index (χ0n) is 11.0. The first-order valence-electron chi connectivity index (χ1n) is 6.22. The van der Waals surface area contributed by atoms with Gasteiger partial charge in [0.15, 0.2) is 0 Å². The molecule has 3 N–H and O–H groups in total. The quantitative estimate of drug-likeness (QED) is 0.849. The lowest BCUT2D eigenvalue weighted by atomic mass is 10.2. The molecule has 2 atom stereocenters. The Balaban J connectivity index is 2.30. The first kappa shape index (κ1) is 13.6. The molecule has 0 saturated heterocycles. The summed E-state index contributed by atoms with van der Waals surface area (Å²) in [5.41, 5.74) is 6.19. The van der Waals surface area contributed by atoms with Crippen LogP contribution in [0.3, 0.4) is 0 Å². The molecule has 0 amide bonds. The van der Waals surface area contributed by atoms with Crippen LogP contribution in [0.25, 0.3) is 0 Å². The molecule has 1 aromatic rings. The van der Waals surface area contributed by atoms with Crippen molar-refractivity contribution in [1.29, 1.82) is 0 Å². The predicted molar refractivity (Wildman–Crippen MR) is 68.6 cm³/mol. The smallest absolute Gasteiger partial charge is 0.244 e. The number of sulfonamides is 1. The second-order valence-electron chi connectivity index (χ2n) is 4.86. The highest BCUT2D eigenvalue weighted by molar-refractivity contribution is 7.89. The number of nitrogens with one attached hydrogen (secondary N) is 1. The number of hydrogen-bond acceptors (Lipinski definition) is 4. The van der Waals surface area contributed by atoms with Crippen LogP contribution in [0.5, 0.6) is 0 Å². The van der Waals surface area contributed by atoms with Crippen molar-refractivity contribution in [2.75, 3.05) is 0 Å². The Hall–Kier alpha value is -0.850. The minimum Gasteiger partial charge on any atom is -0.465 e. The summed E-state index contributed by atoms with van der Waals surface area (Å²) < 4.78 is 32.8. The Kier molecular flexibility index (Phi) is 3.53. The monoisotopic (exact) mass is 272 g/mol. The Morgan fingerprint density at radius 2 is 2.06 bits per heavy atom. The lowest BCUT2D eigenvalue weighted by molar-refractivity contribution is 0.494. The average Bonchev–Trinajstić information content (AvgIpc) is 2.94. The second kappa shape index (κ2) is 4.68. The Morgan fingerprint density at radius 3 is 2.56 bits per heavy atom. The van der Waals surface area contributed by atoms with E-state index < -0.39 is 10.0 Å². The van der Waals surface area contributed by atoms with E-state index in [1.807, 2.05) is 0 Å². The molecule has 0 aromatic carbocycles. The van der Waals surface area contributed by atoms with E-state index in [2.05, 4.69) is 11.6 Å². The van der Waals surface area contributed by atoms with E-state index in [1.54, 1.807) is 13.8 Å². The van der Waals surface area contributed by atoms with Crippen LogP contribution in [0.15, 0.2) is 9.31 Å². The molecule has 0 aliphatic heterocycles. The Morgan fingerprint density at radius 1 is 1.39 bits per heavy atom. The lowest BCUT2D eigenvalue weighted by Gasteiger charge is -2.07. The lowest BCUT2D eigenvalue weighted by Crippen LogP contribution is -2.28. The molecule has 0 radical (unpaired) electrons. The van der Waals surface area contributed by atoms with Crippen molar-refractivity contribution in [2.24, 2.45) is 11.7 Å². The molecular weight excluding hydrogens is 252 g/mol. The van der Waals surface area contributed by atoms with Gasteiger partial charge in [-0.15, -0.1) is 0 Å². The maximum atomic E-state index is 12.3. The van der Waals surface area contributed by atoms with Gasteiger partial charge in [-0.2, -0.15) is 0 Å². The third-order valence-corrected chi connectivity index (χ3v) is 5.24. The van der Waals surface area contributed by atoms with Crippen molar-refractivity contribution in [3.63, 3.8) is 0 Å². The van der Waals surface area contributed by atoms with Crippen LogP contribution in [0.4, 0.5) is 0 Å². The number of furan rings is 1. The highest BCUT2D eigenvalue weighted by atomic mass is 32.2. The molecule has 5 nitrogen and oxygen atoms in total. The van der Waals surface area contributed by atoms with Crippen molar-refractivity contribution >= 4 is 10.0 Å². The van der Waals surface area contributed by atoms with E-state index in [1.165, 1.54) is 0 Å². The van der Waals surface area contributed by atoms with Gasteiger partial charge in [-0.05, 0) is 26.2 Å². The van der Waals surface area contributed by atoms with Gasteiger partial charge >= 0.3 is 0 Å². The molecule has 1 fully saturated rings. The molecule has 1 heterocycles. The third kappa shape index (κ3) is 2.32. The van der Waals surface area contributed by atoms with Crippen molar-refractivity contribution in [1.82, 2.24) is 4.72 Å². The van der Waals surface area contributed by atoms with Gasteiger partial charge in [0, 0.05) is 18.2 Å². The van der Waals surface area contributed by atoms with Crippen LogP contribution in [0, 0.1) is 19.8 Å². The summed E-state index contributed by atoms with van der Waals surface area (Å²) in [7, 11) is -3.52. The van der Waals surface area contributed by atoms with Crippen molar-refractivity contribution in [3.05, 3.63) is 17.1 Å². The van der Waals surface area contributed by atoms with Gasteiger partial charge in [0.1, 0.15) is 16.4 Å². The van der Waals surface area contributed by atoms with Crippen LogP contribution in [-0.2, 0) is 16.6 Å². The fraction of sp³-hybridized carbons (Fsp3) is 0.667. The minimum atomic E-state index is -3.52. The summed E-state index contributed by atoms with van der Waals surface area (Å²) in [6.45, 7) is 5.63. The molecule has 102 valence electrons. The van der Waals surface area contributed by atoms with E-state index in [9.17, 15) is 8.42 Å². The molecule has 1 saturated carbocycles. The van der Waals surface area contributed by atoms with Gasteiger partial charge in [-0.25, -0.2) is 13.1 Å². The van der Waals surface area contributed by atoms with Gasteiger partial charge in [-0.1, -0.05) is 13.3 Å². The summed E-state index contributed by atoms with van der Waals surface area (Å²) in [6.07, 6.45) is 1.92. The second-order valence-corrected chi connectivity index (χ2v) is 6.51. The largest absolute Gasteiger partial charge is 0.465 e. The van der Waals surface area contributed by atoms with E-state index in [-0.39, 0.29) is 17.5 Å². The van der Waals surface area contributed by atoms with Gasteiger partial charge in [0.2, 0.25) is 10.0 Å². The topological polar surface area (TPSA) is 85.3 Å². The highest BCUT2D eigenvalue weighted by Crippen LogP contribution is 2.35. The fourth-order valence-corrected chi connectivity index (χ4v) is 4.18. The Labute approximate surface area is 108 Å². The number of aryl methyl sites for hydroxylation is 2. The van der Waals surface area contributed by atoms with E-state index in [4.69, 9.17) is 10.2 Å². The van der Waals surface area contributed by atoms with Crippen molar-refractivity contribution in [3.8, 4) is 0 Å². The summed E-state index contributed by atoms with van der Waals surface area (Å²) in [5, 5.41) is 0. The molecule has 6 heteroatoms. The molecule has 1 aromatic heterocycles. The van der Waals surface area contributed by atoms with E-state index >= 15 is 0 Å². The molecule has 18 heavy (non-hydrogen) atoms. The SMILES string of the molecule is CCC1CC1NS(=O)(=O)c1c(C)oc(C)c1CN. The van der Waals surface area contributed by atoms with Crippen LogP contribution >= 0.6 is 0 Å². The molecular formula is C12H20N2O3S. The summed E-state index contributed by atoms with van der Waals surface area (Å²) in [4.78, 5) is 0.226. The summed E-state index contributed by atoms with van der Waals surface area (Å²) >= 11 is 0. The van der Waals surface area contributed by atoms with Crippen molar-refractivity contribution in [2.45, 2.75) is 51.1 Å². The first-order valence-corrected chi connectivity index (χ1v) is 7.70. The van der Waals surface area contributed by atoms with Crippen LogP contribution in [-0.4, -0.2) is 14.5 Å². The summed E-state index contributed by atoms with van der Waals surface area (Å²) in [5.74, 6) is 1.46.